The molecule has 2 aromatic rings. The first-order chi connectivity index (χ1) is 17.7. The van der Waals surface area contributed by atoms with E-state index in [1.807, 2.05) is 20.0 Å². The molecule has 2 heterocycles. The summed E-state index contributed by atoms with van der Waals surface area (Å²) in [7, 11) is 6.12. The average molecular weight is 533 g/mol. The number of halogens is 1. The van der Waals surface area contributed by atoms with E-state index in [2.05, 4.69) is 46.1 Å². The van der Waals surface area contributed by atoms with Crippen molar-refractivity contribution >= 4 is 29.0 Å². The Balaban J connectivity index is 1.53. The van der Waals surface area contributed by atoms with Gasteiger partial charge >= 0.3 is 0 Å². The van der Waals surface area contributed by atoms with Gasteiger partial charge in [-0.1, -0.05) is 11.6 Å². The number of nitrogens with one attached hydrogen (secondary N) is 2. The highest BCUT2D eigenvalue weighted by atomic mass is 35.5. The second kappa shape index (κ2) is 11.9. The number of ether oxygens (including phenoxy) is 1. The second-order valence-corrected chi connectivity index (χ2v) is 10.8. The van der Waals surface area contributed by atoms with Crippen LogP contribution in [0.3, 0.4) is 0 Å². The molecule has 0 atom stereocenters. The number of hydrogen-bond acceptors (Lipinski definition) is 6. The number of hydrogen-bond donors (Lipinski definition) is 2. The van der Waals surface area contributed by atoms with Crippen LogP contribution in [0.2, 0.25) is 5.02 Å². The summed E-state index contributed by atoms with van der Waals surface area (Å²) in [6, 6.07) is 4.76. The number of H-pyrrole nitrogens is 1. The summed E-state index contributed by atoms with van der Waals surface area (Å²) in [4.78, 5) is 32.9. The third-order valence-corrected chi connectivity index (χ3v) is 8.16. The molecule has 1 aliphatic heterocycles. The summed E-state index contributed by atoms with van der Waals surface area (Å²) in [6.07, 6.45) is 4.56. The van der Waals surface area contributed by atoms with Gasteiger partial charge in [-0.2, -0.15) is 0 Å². The predicted molar refractivity (Wildman–Crippen MR) is 149 cm³/mol. The summed E-state index contributed by atoms with van der Waals surface area (Å²) in [5.74, 6) is 0.562. The Labute approximate surface area is 224 Å². The number of anilines is 2. The van der Waals surface area contributed by atoms with E-state index in [1.165, 1.54) is 0 Å². The Morgan fingerprint density at radius 2 is 1.81 bits per heavy atom. The maximum absolute atomic E-state index is 13.4. The van der Waals surface area contributed by atoms with E-state index in [0.29, 0.717) is 54.5 Å². The molecule has 1 amide bonds. The quantitative estimate of drug-likeness (QED) is 0.543. The zero-order valence-electron chi connectivity index (χ0n) is 22.8. The van der Waals surface area contributed by atoms with E-state index in [-0.39, 0.29) is 18.0 Å². The summed E-state index contributed by atoms with van der Waals surface area (Å²) in [5.41, 5.74) is 2.82. The van der Waals surface area contributed by atoms with Crippen LogP contribution in [-0.2, 0) is 18.3 Å². The van der Waals surface area contributed by atoms with Crippen molar-refractivity contribution in [2.24, 2.45) is 7.05 Å². The first-order valence-electron chi connectivity index (χ1n) is 13.3. The molecule has 9 nitrogen and oxygen atoms in total. The van der Waals surface area contributed by atoms with Crippen molar-refractivity contribution in [3.05, 3.63) is 44.2 Å². The maximum atomic E-state index is 13.4. The van der Waals surface area contributed by atoms with Gasteiger partial charge in [-0.3, -0.25) is 19.4 Å². The van der Waals surface area contributed by atoms with E-state index in [1.54, 1.807) is 10.7 Å². The van der Waals surface area contributed by atoms with Gasteiger partial charge in [0.25, 0.3) is 11.5 Å². The molecule has 1 aromatic carbocycles. The minimum absolute atomic E-state index is 0.134. The van der Waals surface area contributed by atoms with Crippen LogP contribution in [0.15, 0.2) is 16.9 Å². The van der Waals surface area contributed by atoms with Crippen LogP contribution in [0, 0.1) is 6.92 Å². The molecule has 0 bridgehead atoms. The van der Waals surface area contributed by atoms with Crippen molar-refractivity contribution < 1.29 is 9.53 Å². The standard InChI is InChI=1S/C27H41ClN6O3/c1-6-34(21-9-7-20(8-10-21)31(3)4)24-16-19(28)15-22(18(24)2)25(35)29-17-23-26(36)30-32(5)27(23)33-11-13-37-14-12-33/h15-16,20-21H,6-14,17H2,1-5H3,(H,29,35)(H,30,36). The van der Waals surface area contributed by atoms with E-state index in [9.17, 15) is 9.59 Å². The largest absolute Gasteiger partial charge is 0.378 e. The highest BCUT2D eigenvalue weighted by Gasteiger charge is 2.28. The normalized spacial score (nSPS) is 20.4. The lowest BCUT2D eigenvalue weighted by atomic mass is 9.89. The third-order valence-electron chi connectivity index (χ3n) is 7.94. The van der Waals surface area contributed by atoms with Crippen LogP contribution in [-0.4, -0.2) is 79.6 Å². The number of nitrogens with zero attached hydrogens (tertiary/aromatic N) is 4. The minimum Gasteiger partial charge on any atom is -0.378 e. The monoisotopic (exact) mass is 532 g/mol. The molecule has 204 valence electrons. The van der Waals surface area contributed by atoms with Crippen molar-refractivity contribution in [3.8, 4) is 0 Å². The topological polar surface area (TPSA) is 85.8 Å². The van der Waals surface area contributed by atoms with Crippen molar-refractivity contribution in [3.63, 3.8) is 0 Å². The fraction of sp³-hybridized carbons (Fsp3) is 0.630. The zero-order valence-corrected chi connectivity index (χ0v) is 23.5. The lowest BCUT2D eigenvalue weighted by Crippen LogP contribution is -2.42. The van der Waals surface area contributed by atoms with Gasteiger partial charge in [0, 0.05) is 55.0 Å². The lowest BCUT2D eigenvalue weighted by molar-refractivity contribution is 0.0950. The molecular weight excluding hydrogens is 492 g/mol. The molecule has 1 aromatic heterocycles. The van der Waals surface area contributed by atoms with Gasteiger partial charge in [-0.05, 0) is 71.3 Å². The molecule has 2 fully saturated rings. The van der Waals surface area contributed by atoms with E-state index < -0.39 is 0 Å². The summed E-state index contributed by atoms with van der Waals surface area (Å²) in [6.45, 7) is 7.76. The first kappa shape index (κ1) is 27.5. The number of benzene rings is 1. The molecular formula is C27H41ClN6O3. The van der Waals surface area contributed by atoms with Gasteiger partial charge in [-0.15, -0.1) is 0 Å². The van der Waals surface area contributed by atoms with Crippen LogP contribution in [0.25, 0.3) is 0 Å². The van der Waals surface area contributed by atoms with Gasteiger partial charge in [0.2, 0.25) is 0 Å². The van der Waals surface area contributed by atoms with Crippen LogP contribution in [0.1, 0.15) is 54.1 Å². The van der Waals surface area contributed by atoms with Crippen LogP contribution in [0.5, 0.6) is 0 Å². The van der Waals surface area contributed by atoms with Crippen molar-refractivity contribution in [1.82, 2.24) is 20.0 Å². The number of morpholine rings is 1. The maximum Gasteiger partial charge on any atom is 0.271 e. The highest BCUT2D eigenvalue weighted by molar-refractivity contribution is 6.31. The van der Waals surface area contributed by atoms with E-state index in [4.69, 9.17) is 16.3 Å². The predicted octanol–water partition coefficient (Wildman–Crippen LogP) is 3.14. The minimum atomic E-state index is -0.232. The Hall–Kier alpha value is -2.49. The van der Waals surface area contributed by atoms with Crippen LogP contribution in [0.4, 0.5) is 11.5 Å². The molecule has 4 rings (SSSR count). The molecule has 1 saturated carbocycles. The Morgan fingerprint density at radius 3 is 2.43 bits per heavy atom. The molecule has 0 unspecified atom stereocenters. The SMILES string of the molecule is CCN(c1cc(Cl)cc(C(=O)NCc2c(N3CCOCC3)n(C)[nH]c2=O)c1C)C1CCC(N(C)C)CC1. The van der Waals surface area contributed by atoms with Gasteiger partial charge < -0.3 is 24.8 Å². The Bertz CT molecular complexity index is 1150. The smallest absolute Gasteiger partial charge is 0.271 e. The fourth-order valence-corrected chi connectivity index (χ4v) is 6.10. The number of aryl methyl sites for hydroxylation is 1. The zero-order chi connectivity index (χ0) is 26.7. The van der Waals surface area contributed by atoms with E-state index in [0.717, 1.165) is 49.3 Å². The van der Waals surface area contributed by atoms with Gasteiger partial charge in [0.05, 0.1) is 25.3 Å². The second-order valence-electron chi connectivity index (χ2n) is 10.4. The Morgan fingerprint density at radius 1 is 1.16 bits per heavy atom. The van der Waals surface area contributed by atoms with Crippen LogP contribution < -0.4 is 20.7 Å². The molecule has 0 radical (unpaired) electrons. The van der Waals surface area contributed by atoms with Gasteiger partial charge in [0.15, 0.2) is 0 Å². The van der Waals surface area contributed by atoms with E-state index >= 15 is 0 Å². The fourth-order valence-electron chi connectivity index (χ4n) is 5.89. The molecule has 0 spiro atoms. The third kappa shape index (κ3) is 5.99. The Kier molecular flexibility index (Phi) is 8.87. The average Bonchev–Trinajstić information content (AvgIpc) is 3.17. The lowest BCUT2D eigenvalue weighted by Gasteiger charge is -2.40. The number of carbonyl (C=O) groups excluding carboxylic acids is 1. The van der Waals surface area contributed by atoms with Crippen molar-refractivity contribution in [2.75, 3.05) is 56.7 Å². The van der Waals surface area contributed by atoms with Gasteiger partial charge in [0.1, 0.15) is 5.82 Å². The number of rotatable bonds is 8. The number of amides is 1. The molecule has 2 aliphatic rings. The number of aromatic nitrogens is 2. The highest BCUT2D eigenvalue weighted by Crippen LogP contribution is 2.34. The molecule has 1 aliphatic carbocycles. The van der Waals surface area contributed by atoms with Crippen molar-refractivity contribution in [2.45, 2.75) is 58.2 Å². The molecule has 37 heavy (non-hydrogen) atoms. The summed E-state index contributed by atoms with van der Waals surface area (Å²) >= 11 is 6.55. The molecule has 10 heteroatoms. The van der Waals surface area contributed by atoms with Crippen LogP contribution >= 0.6 is 11.6 Å². The number of carbonyl (C=O) groups is 1. The van der Waals surface area contributed by atoms with Gasteiger partial charge in [-0.25, -0.2) is 0 Å². The molecule has 2 N–H and O–H groups in total. The summed E-state index contributed by atoms with van der Waals surface area (Å²) in [5, 5.41) is 6.36. The summed E-state index contributed by atoms with van der Waals surface area (Å²) < 4.78 is 7.18. The first-order valence-corrected chi connectivity index (χ1v) is 13.7. The number of aromatic amines is 1. The van der Waals surface area contributed by atoms with Crippen molar-refractivity contribution in [1.29, 1.82) is 0 Å². The molecule has 1 saturated heterocycles.